The first-order valence-electron chi connectivity index (χ1n) is 8.00. The molecule has 1 aromatic rings. The monoisotopic (exact) mass is 340 g/mol. The Labute approximate surface area is 143 Å². The van der Waals surface area contributed by atoms with Crippen molar-refractivity contribution in [3.63, 3.8) is 0 Å². The zero-order chi connectivity index (χ0) is 14.7. The molecule has 0 radical (unpaired) electrons. The number of rotatable bonds is 5. The molecule has 3 nitrogen and oxygen atoms in total. The lowest BCUT2D eigenvalue weighted by atomic mass is 9.88. The second kappa shape index (κ2) is 8.23. The number of carbonyl (C=O) groups excluding carboxylic acids is 1. The normalized spacial score (nSPS) is 20.0. The maximum absolute atomic E-state index is 12.2. The number of hydrogen-bond donors (Lipinski definition) is 2. The van der Waals surface area contributed by atoms with Gasteiger partial charge in [0.2, 0.25) is 5.91 Å². The minimum absolute atomic E-state index is 0. The molecule has 2 N–H and O–H groups in total. The van der Waals surface area contributed by atoms with Crippen molar-refractivity contribution >= 4 is 35.8 Å². The molecule has 2 aliphatic rings. The van der Waals surface area contributed by atoms with Crippen molar-refractivity contribution in [1.82, 2.24) is 5.32 Å². The summed E-state index contributed by atoms with van der Waals surface area (Å²) in [6, 6.07) is 8.32. The number of anilines is 1. The van der Waals surface area contributed by atoms with Gasteiger partial charge < -0.3 is 10.6 Å². The van der Waals surface area contributed by atoms with Gasteiger partial charge in [0.15, 0.2) is 0 Å². The van der Waals surface area contributed by atoms with Crippen molar-refractivity contribution in [3.8, 4) is 0 Å². The lowest BCUT2D eigenvalue weighted by Gasteiger charge is -2.31. The molecule has 1 unspecified atom stereocenters. The molecule has 3 rings (SSSR count). The molecular weight excluding hydrogens is 316 g/mol. The number of carbonyl (C=O) groups is 1. The van der Waals surface area contributed by atoms with E-state index in [1.54, 1.807) is 0 Å². The summed E-state index contributed by atoms with van der Waals surface area (Å²) < 4.78 is 0. The van der Waals surface area contributed by atoms with Crippen molar-refractivity contribution in [1.29, 1.82) is 0 Å². The van der Waals surface area contributed by atoms with E-state index in [0.717, 1.165) is 24.0 Å². The van der Waals surface area contributed by atoms with Crippen LogP contribution in [0.4, 0.5) is 5.69 Å². The van der Waals surface area contributed by atoms with Crippen LogP contribution in [0.25, 0.3) is 0 Å². The Balaban J connectivity index is 0.00000176. The fraction of sp³-hybridized carbons (Fsp3) is 0.588. The van der Waals surface area contributed by atoms with E-state index < -0.39 is 0 Å². The molecular formula is C17H25ClN2OS. The van der Waals surface area contributed by atoms with E-state index in [1.165, 1.54) is 30.6 Å². The summed E-state index contributed by atoms with van der Waals surface area (Å²) in [5.74, 6) is 0.707. The van der Waals surface area contributed by atoms with E-state index in [4.69, 9.17) is 0 Å². The summed E-state index contributed by atoms with van der Waals surface area (Å²) in [5, 5.41) is 7.04. The highest BCUT2D eigenvalue weighted by Crippen LogP contribution is 2.35. The van der Waals surface area contributed by atoms with Crippen molar-refractivity contribution in [2.75, 3.05) is 18.4 Å². The smallest absolute Gasteiger partial charge is 0.227 e. The molecule has 0 aromatic heterocycles. The van der Waals surface area contributed by atoms with Gasteiger partial charge in [0, 0.05) is 21.8 Å². The second-order valence-electron chi connectivity index (χ2n) is 6.24. The van der Waals surface area contributed by atoms with Crippen LogP contribution >= 0.6 is 24.2 Å². The van der Waals surface area contributed by atoms with Gasteiger partial charge in [0.25, 0.3) is 0 Å². The quantitative estimate of drug-likeness (QED) is 0.853. The molecule has 1 saturated carbocycles. The van der Waals surface area contributed by atoms with Gasteiger partial charge in [-0.15, -0.1) is 24.2 Å². The van der Waals surface area contributed by atoms with Gasteiger partial charge in [-0.3, -0.25) is 4.79 Å². The summed E-state index contributed by atoms with van der Waals surface area (Å²) in [5.41, 5.74) is 0.912. The number of hydrogen-bond acceptors (Lipinski definition) is 3. The number of halogens is 1. The van der Waals surface area contributed by atoms with Crippen LogP contribution in [0.3, 0.4) is 0 Å². The van der Waals surface area contributed by atoms with Crippen molar-refractivity contribution in [2.45, 2.75) is 42.8 Å². The standard InChI is InChI=1S/C17H24N2OS.ClH/c1-12(13-10-18-11-13)17(20)19-14-6-8-16(9-7-14)21-15-4-2-3-5-15;/h6-9,12-13,15,18H,2-5,10-11H2,1H3,(H,19,20);1H. The van der Waals surface area contributed by atoms with E-state index in [-0.39, 0.29) is 24.2 Å². The SMILES string of the molecule is CC(C(=O)Nc1ccc(SC2CCCC2)cc1)C1CNC1.Cl. The Morgan fingerprint density at radius 2 is 1.86 bits per heavy atom. The highest BCUT2D eigenvalue weighted by atomic mass is 35.5. The average Bonchev–Trinajstić information content (AvgIpc) is 2.92. The predicted molar refractivity (Wildman–Crippen MR) is 96.0 cm³/mol. The van der Waals surface area contributed by atoms with Crippen LogP contribution in [-0.2, 0) is 4.79 Å². The first-order valence-corrected chi connectivity index (χ1v) is 8.88. The molecule has 1 amide bonds. The lowest BCUT2D eigenvalue weighted by Crippen LogP contribution is -2.48. The third-order valence-electron chi connectivity index (χ3n) is 4.66. The van der Waals surface area contributed by atoms with Gasteiger partial charge in [0.05, 0.1) is 0 Å². The Bertz CT molecular complexity index is 484. The highest BCUT2D eigenvalue weighted by Gasteiger charge is 2.28. The molecule has 1 aliphatic heterocycles. The van der Waals surface area contributed by atoms with Gasteiger partial charge in [-0.25, -0.2) is 0 Å². The van der Waals surface area contributed by atoms with Gasteiger partial charge in [0.1, 0.15) is 0 Å². The highest BCUT2D eigenvalue weighted by molar-refractivity contribution is 8.00. The van der Waals surface area contributed by atoms with E-state index in [0.29, 0.717) is 5.92 Å². The fourth-order valence-corrected chi connectivity index (χ4v) is 4.20. The van der Waals surface area contributed by atoms with Crippen LogP contribution in [-0.4, -0.2) is 24.2 Å². The van der Waals surface area contributed by atoms with Crippen molar-refractivity contribution in [3.05, 3.63) is 24.3 Å². The third kappa shape index (κ3) is 4.40. The molecule has 1 saturated heterocycles. The molecule has 5 heteroatoms. The molecule has 1 aromatic carbocycles. The first-order chi connectivity index (χ1) is 10.2. The van der Waals surface area contributed by atoms with E-state index in [1.807, 2.05) is 30.8 Å². The number of benzene rings is 1. The van der Waals surface area contributed by atoms with Crippen LogP contribution in [0.1, 0.15) is 32.6 Å². The van der Waals surface area contributed by atoms with Crippen LogP contribution in [0.5, 0.6) is 0 Å². The maximum Gasteiger partial charge on any atom is 0.227 e. The Kier molecular flexibility index (Phi) is 6.60. The van der Waals surface area contributed by atoms with Gasteiger partial charge in [-0.2, -0.15) is 0 Å². The first kappa shape index (κ1) is 17.6. The average molecular weight is 341 g/mol. The lowest BCUT2D eigenvalue weighted by molar-refractivity contribution is -0.121. The summed E-state index contributed by atoms with van der Waals surface area (Å²) in [4.78, 5) is 13.5. The molecule has 2 fully saturated rings. The molecule has 22 heavy (non-hydrogen) atoms. The van der Waals surface area contributed by atoms with E-state index >= 15 is 0 Å². The molecule has 1 aliphatic carbocycles. The summed E-state index contributed by atoms with van der Waals surface area (Å²) in [7, 11) is 0. The van der Waals surface area contributed by atoms with E-state index in [2.05, 4.69) is 22.8 Å². The Morgan fingerprint density at radius 1 is 1.23 bits per heavy atom. The van der Waals surface area contributed by atoms with Gasteiger partial charge in [-0.05, 0) is 56.1 Å². The number of nitrogens with one attached hydrogen (secondary N) is 2. The molecule has 0 bridgehead atoms. The molecule has 0 spiro atoms. The molecule has 1 heterocycles. The van der Waals surface area contributed by atoms with Crippen molar-refractivity contribution < 1.29 is 4.79 Å². The molecule has 122 valence electrons. The second-order valence-corrected chi connectivity index (χ2v) is 7.62. The summed E-state index contributed by atoms with van der Waals surface area (Å²) in [6.07, 6.45) is 5.44. The largest absolute Gasteiger partial charge is 0.326 e. The van der Waals surface area contributed by atoms with Gasteiger partial charge >= 0.3 is 0 Å². The third-order valence-corrected chi connectivity index (χ3v) is 6.01. The fourth-order valence-electron chi connectivity index (χ4n) is 2.95. The Morgan fingerprint density at radius 3 is 2.41 bits per heavy atom. The van der Waals surface area contributed by atoms with Crippen LogP contribution < -0.4 is 10.6 Å². The van der Waals surface area contributed by atoms with Crippen molar-refractivity contribution in [2.24, 2.45) is 11.8 Å². The number of amides is 1. The number of thioether (sulfide) groups is 1. The minimum atomic E-state index is 0. The van der Waals surface area contributed by atoms with Crippen LogP contribution in [0.15, 0.2) is 29.2 Å². The zero-order valence-electron chi connectivity index (χ0n) is 13.0. The summed E-state index contributed by atoms with van der Waals surface area (Å²) in [6.45, 7) is 3.95. The topological polar surface area (TPSA) is 41.1 Å². The Hall–Kier alpha value is -0.710. The predicted octanol–water partition coefficient (Wildman–Crippen LogP) is 3.94. The minimum Gasteiger partial charge on any atom is -0.326 e. The summed E-state index contributed by atoms with van der Waals surface area (Å²) >= 11 is 1.98. The van der Waals surface area contributed by atoms with Crippen LogP contribution in [0.2, 0.25) is 0 Å². The maximum atomic E-state index is 12.2. The van der Waals surface area contributed by atoms with Gasteiger partial charge in [-0.1, -0.05) is 19.8 Å². The molecule has 1 atom stereocenters. The van der Waals surface area contributed by atoms with E-state index in [9.17, 15) is 4.79 Å². The zero-order valence-corrected chi connectivity index (χ0v) is 14.6. The van der Waals surface area contributed by atoms with Crippen LogP contribution in [0, 0.1) is 11.8 Å².